The normalized spacial score (nSPS) is 11.5. The Balaban J connectivity index is 4.19. The molecule has 2 amide bonds. The first-order chi connectivity index (χ1) is 23.7. The molecular weight excluding hydrogens is 618 g/mol. The number of quaternary nitrogens is 1. The number of carbonyl (C=O) groups excluding carboxylic acids is 3. The molecule has 0 heterocycles. The number of carboxylic acids is 2. The lowest BCUT2D eigenvalue weighted by Gasteiger charge is -2.37. The third-order valence-electron chi connectivity index (χ3n) is 9.77. The van der Waals surface area contributed by atoms with Crippen LogP contribution in [0, 0.1) is 0 Å². The van der Waals surface area contributed by atoms with Crippen LogP contribution in [0.1, 0.15) is 194 Å². The smallest absolute Gasteiger partial charge is 0.359 e. The third kappa shape index (κ3) is 32.8. The maximum atomic E-state index is 12.4. The van der Waals surface area contributed by atoms with Crippen molar-refractivity contribution in [1.82, 2.24) is 10.6 Å². The zero-order valence-corrected chi connectivity index (χ0v) is 32.0. The monoisotopic (exact) mass is 696 g/mol. The van der Waals surface area contributed by atoms with Crippen LogP contribution in [0.4, 0.5) is 0 Å². The topological polar surface area (TPSA) is 136 Å². The van der Waals surface area contributed by atoms with Crippen molar-refractivity contribution >= 4 is 23.8 Å². The lowest BCUT2D eigenvalue weighted by Crippen LogP contribution is -2.61. The Morgan fingerprint density at radius 1 is 0.469 bits per heavy atom. The minimum atomic E-state index is -1.35. The Bertz CT molecular complexity index is 756. The minimum Gasteiger partial charge on any atom is -0.544 e. The van der Waals surface area contributed by atoms with Crippen molar-refractivity contribution in [2.45, 2.75) is 194 Å². The zero-order chi connectivity index (χ0) is 36.3. The van der Waals surface area contributed by atoms with E-state index in [2.05, 4.69) is 24.5 Å². The molecule has 9 nitrogen and oxygen atoms in total. The number of hydrogen-bond donors (Lipinski definition) is 3. The number of amides is 2. The van der Waals surface area contributed by atoms with Gasteiger partial charge in [0, 0.05) is 12.8 Å². The fourth-order valence-electron chi connectivity index (χ4n) is 6.69. The second kappa shape index (κ2) is 34.3. The second-order valence-electron chi connectivity index (χ2n) is 14.6. The number of rotatable bonds is 38. The van der Waals surface area contributed by atoms with Gasteiger partial charge in [-0.05, 0) is 12.8 Å². The van der Waals surface area contributed by atoms with Gasteiger partial charge in [0.25, 0.3) is 0 Å². The fourth-order valence-corrected chi connectivity index (χ4v) is 6.69. The van der Waals surface area contributed by atoms with E-state index in [9.17, 15) is 29.4 Å². The highest BCUT2D eigenvalue weighted by atomic mass is 16.4. The van der Waals surface area contributed by atoms with Gasteiger partial charge in [0.2, 0.25) is 11.8 Å². The molecule has 0 fully saturated rings. The van der Waals surface area contributed by atoms with Crippen molar-refractivity contribution in [3.05, 3.63) is 0 Å². The summed E-state index contributed by atoms with van der Waals surface area (Å²) in [5.41, 5.74) is 0. The van der Waals surface area contributed by atoms with Crippen molar-refractivity contribution in [1.29, 1.82) is 0 Å². The maximum absolute atomic E-state index is 12.4. The molecule has 0 aromatic carbocycles. The lowest BCUT2D eigenvalue weighted by atomic mass is 10.0. The Kier molecular flexibility index (Phi) is 32.8. The van der Waals surface area contributed by atoms with Crippen molar-refractivity contribution in [2.24, 2.45) is 0 Å². The van der Waals surface area contributed by atoms with Gasteiger partial charge in [-0.15, -0.1) is 0 Å². The number of nitrogens with one attached hydrogen (secondary N) is 2. The van der Waals surface area contributed by atoms with Crippen LogP contribution in [0.25, 0.3) is 0 Å². The van der Waals surface area contributed by atoms with Crippen molar-refractivity contribution in [2.75, 3.05) is 39.3 Å². The minimum absolute atomic E-state index is 0.101. The van der Waals surface area contributed by atoms with Crippen LogP contribution in [0.15, 0.2) is 0 Å². The molecule has 0 aliphatic heterocycles. The molecular formula is C40H77N3O6. The summed E-state index contributed by atoms with van der Waals surface area (Å²) in [4.78, 5) is 48.1. The molecule has 0 saturated heterocycles. The van der Waals surface area contributed by atoms with E-state index >= 15 is 0 Å². The lowest BCUT2D eigenvalue weighted by molar-refractivity contribution is -0.913. The van der Waals surface area contributed by atoms with E-state index < -0.39 is 25.0 Å². The molecule has 0 aromatic heterocycles. The Morgan fingerprint density at radius 2 is 0.755 bits per heavy atom. The van der Waals surface area contributed by atoms with Gasteiger partial charge in [-0.1, -0.05) is 168 Å². The van der Waals surface area contributed by atoms with Gasteiger partial charge >= 0.3 is 5.97 Å². The summed E-state index contributed by atoms with van der Waals surface area (Å²) in [6.45, 7) is 4.20. The zero-order valence-electron chi connectivity index (χ0n) is 32.0. The molecule has 0 spiro atoms. The quantitative estimate of drug-likeness (QED) is 0.0445. The van der Waals surface area contributed by atoms with Gasteiger partial charge in [-0.25, -0.2) is 4.79 Å². The van der Waals surface area contributed by atoms with E-state index in [1.54, 1.807) is 0 Å². The van der Waals surface area contributed by atoms with Gasteiger partial charge in [-0.3, -0.25) is 9.59 Å². The Hall–Kier alpha value is -2.16. The fraction of sp³-hybridized carbons (Fsp3) is 0.900. The standard InChI is InChI=1S/C40H77N3O6/c1-3-5-7-9-11-13-15-17-19-21-23-25-27-29-37(44)41-31-33-43(35-39(46)47,36-40(48)49)34-32-42-38(45)30-28-26-24-22-20-18-16-14-12-10-8-6-4-2/h3-36H2,1-2H3,(H3-,41,42,44,45,46,47,48,49). The van der Waals surface area contributed by atoms with Crippen LogP contribution >= 0.6 is 0 Å². The summed E-state index contributed by atoms with van der Waals surface area (Å²) >= 11 is 0. The van der Waals surface area contributed by atoms with E-state index in [-0.39, 0.29) is 42.5 Å². The summed E-state index contributed by atoms with van der Waals surface area (Å²) in [6.07, 6.45) is 33.0. The van der Waals surface area contributed by atoms with Crippen LogP contribution in [0.2, 0.25) is 0 Å². The molecule has 0 atom stereocenters. The average molecular weight is 696 g/mol. The first-order valence-electron chi connectivity index (χ1n) is 20.5. The van der Waals surface area contributed by atoms with E-state index in [1.165, 1.54) is 128 Å². The number of nitrogens with zero attached hydrogens (tertiary/aromatic N) is 1. The summed E-state index contributed by atoms with van der Waals surface area (Å²) in [7, 11) is 0. The molecule has 0 rings (SSSR count). The highest BCUT2D eigenvalue weighted by Gasteiger charge is 2.30. The largest absolute Gasteiger partial charge is 0.544 e. The first-order valence-corrected chi connectivity index (χ1v) is 20.5. The van der Waals surface area contributed by atoms with Gasteiger partial charge in [0.15, 0.2) is 6.54 Å². The molecule has 0 saturated carbocycles. The predicted octanol–water partition coefficient (Wildman–Crippen LogP) is 7.83. The summed E-state index contributed by atoms with van der Waals surface area (Å²) in [6, 6.07) is 0. The van der Waals surface area contributed by atoms with Gasteiger partial charge in [-0.2, -0.15) is 0 Å². The number of unbranched alkanes of at least 4 members (excludes halogenated alkanes) is 24. The van der Waals surface area contributed by atoms with Crippen molar-refractivity contribution < 1.29 is 33.9 Å². The number of aliphatic carboxylic acids is 2. The van der Waals surface area contributed by atoms with E-state index in [0.29, 0.717) is 12.8 Å². The molecule has 0 aliphatic rings. The third-order valence-corrected chi connectivity index (χ3v) is 9.77. The van der Waals surface area contributed by atoms with Gasteiger partial charge in [0.1, 0.15) is 6.54 Å². The van der Waals surface area contributed by atoms with Crippen LogP contribution in [0.5, 0.6) is 0 Å². The van der Waals surface area contributed by atoms with Gasteiger partial charge in [0.05, 0.1) is 32.1 Å². The van der Waals surface area contributed by atoms with E-state index in [4.69, 9.17) is 0 Å². The van der Waals surface area contributed by atoms with Crippen LogP contribution < -0.4 is 15.7 Å². The molecule has 0 aliphatic carbocycles. The molecule has 9 heteroatoms. The molecule has 3 N–H and O–H groups in total. The van der Waals surface area contributed by atoms with Crippen LogP contribution in [-0.2, 0) is 19.2 Å². The predicted molar refractivity (Wildman–Crippen MR) is 199 cm³/mol. The maximum Gasteiger partial charge on any atom is 0.359 e. The summed E-state index contributed by atoms with van der Waals surface area (Å²) in [5, 5.41) is 26.8. The Morgan fingerprint density at radius 3 is 1.02 bits per heavy atom. The van der Waals surface area contributed by atoms with Crippen molar-refractivity contribution in [3.8, 4) is 0 Å². The van der Waals surface area contributed by atoms with E-state index in [1.807, 2.05) is 0 Å². The van der Waals surface area contributed by atoms with Crippen LogP contribution in [0.3, 0.4) is 0 Å². The average Bonchev–Trinajstić information content (AvgIpc) is 3.04. The molecule has 288 valence electrons. The first kappa shape index (κ1) is 46.8. The summed E-state index contributed by atoms with van der Waals surface area (Å²) < 4.78 is -0.296. The van der Waals surface area contributed by atoms with Crippen LogP contribution in [-0.4, -0.2) is 72.6 Å². The van der Waals surface area contributed by atoms with E-state index in [0.717, 1.165) is 38.5 Å². The highest BCUT2D eigenvalue weighted by molar-refractivity contribution is 5.76. The van der Waals surface area contributed by atoms with Crippen molar-refractivity contribution in [3.63, 3.8) is 0 Å². The number of carboxylic acid groups (broad SMARTS) is 2. The van der Waals surface area contributed by atoms with Gasteiger partial charge < -0.3 is 30.1 Å². The molecule has 0 bridgehead atoms. The molecule has 0 aromatic rings. The number of hydrogen-bond acceptors (Lipinski definition) is 5. The molecule has 0 unspecified atom stereocenters. The second-order valence-corrected chi connectivity index (χ2v) is 14.6. The number of carbonyl (C=O) groups is 4. The molecule has 0 radical (unpaired) electrons. The Labute approximate surface area is 300 Å². The molecule has 49 heavy (non-hydrogen) atoms. The highest BCUT2D eigenvalue weighted by Crippen LogP contribution is 2.14. The summed E-state index contributed by atoms with van der Waals surface area (Å²) in [5.74, 6) is -2.68. The SMILES string of the molecule is CCCCCCCCCCCCCCCC(=O)NCC[N+](CCNC(=O)CCCCCCCCCCCCCCC)(CC(=O)[O-])CC(=O)O.